The van der Waals surface area contributed by atoms with Crippen molar-refractivity contribution in [1.29, 1.82) is 0 Å². The summed E-state index contributed by atoms with van der Waals surface area (Å²) >= 11 is 0. The quantitative estimate of drug-likeness (QED) is 0.551. The Morgan fingerprint density at radius 2 is 2.00 bits per heavy atom. The number of hydrogen-bond donors (Lipinski definition) is 0. The lowest BCUT2D eigenvalue weighted by Crippen LogP contribution is -2.05. The summed E-state index contributed by atoms with van der Waals surface area (Å²) in [6.07, 6.45) is 2.29. The summed E-state index contributed by atoms with van der Waals surface area (Å²) in [6, 6.07) is 0. The van der Waals surface area contributed by atoms with Crippen molar-refractivity contribution in [3.8, 4) is 0 Å². The van der Waals surface area contributed by atoms with Crippen molar-refractivity contribution in [1.82, 2.24) is 0 Å². The van der Waals surface area contributed by atoms with Crippen molar-refractivity contribution in [2.24, 2.45) is 5.92 Å². The smallest absolute Gasteiger partial charge is 0.134 e. The molecular weight excluding hydrogens is 152 g/mol. The molecular formula is C10H20O2. The Morgan fingerprint density at radius 1 is 1.33 bits per heavy atom. The Labute approximate surface area is 75.3 Å². The zero-order valence-corrected chi connectivity index (χ0v) is 8.43. The lowest BCUT2D eigenvalue weighted by atomic mass is 10.1. The van der Waals surface area contributed by atoms with Crippen LogP contribution in [0.15, 0.2) is 0 Å². The van der Waals surface area contributed by atoms with Gasteiger partial charge in [-0.3, -0.25) is 4.79 Å². The van der Waals surface area contributed by atoms with Crippen LogP contribution in [0.25, 0.3) is 0 Å². The Hall–Kier alpha value is -0.370. The predicted molar refractivity (Wildman–Crippen MR) is 50.2 cm³/mol. The molecule has 2 nitrogen and oxygen atoms in total. The summed E-state index contributed by atoms with van der Waals surface area (Å²) in [5.41, 5.74) is 0. The van der Waals surface area contributed by atoms with Crippen molar-refractivity contribution in [3.63, 3.8) is 0 Å². The molecule has 0 radical (unpaired) electrons. The van der Waals surface area contributed by atoms with E-state index < -0.39 is 0 Å². The zero-order chi connectivity index (χ0) is 9.40. The first-order valence-electron chi connectivity index (χ1n) is 4.76. The molecule has 0 atom stereocenters. The summed E-state index contributed by atoms with van der Waals surface area (Å²) in [5, 5.41) is 0. The molecule has 0 aliphatic heterocycles. The first-order valence-corrected chi connectivity index (χ1v) is 4.76. The molecule has 0 saturated carbocycles. The van der Waals surface area contributed by atoms with Gasteiger partial charge in [0.1, 0.15) is 5.78 Å². The van der Waals surface area contributed by atoms with Gasteiger partial charge in [0.2, 0.25) is 0 Å². The summed E-state index contributed by atoms with van der Waals surface area (Å²) in [7, 11) is 0. The lowest BCUT2D eigenvalue weighted by molar-refractivity contribution is -0.119. The number of ether oxygens (including phenoxy) is 1. The monoisotopic (exact) mass is 172 g/mol. The van der Waals surface area contributed by atoms with E-state index in [1.54, 1.807) is 0 Å². The average Bonchev–Trinajstić information content (AvgIpc) is 2.03. The van der Waals surface area contributed by atoms with Gasteiger partial charge in [-0.1, -0.05) is 20.8 Å². The normalized spacial score (nSPS) is 10.7. The first kappa shape index (κ1) is 11.6. The standard InChI is InChI=1S/C10H20O2/c1-4-10(11)6-8-12-7-5-9(2)3/h9H,4-8H2,1-3H3. The molecule has 72 valence electrons. The van der Waals surface area contributed by atoms with E-state index in [9.17, 15) is 4.79 Å². The molecule has 0 aromatic carbocycles. The molecule has 12 heavy (non-hydrogen) atoms. The molecule has 0 rings (SSSR count). The van der Waals surface area contributed by atoms with Crippen LogP contribution in [0, 0.1) is 5.92 Å². The van der Waals surface area contributed by atoms with Gasteiger partial charge in [0.25, 0.3) is 0 Å². The second kappa shape index (κ2) is 7.29. The fourth-order valence-corrected chi connectivity index (χ4v) is 0.784. The molecule has 0 spiro atoms. The minimum absolute atomic E-state index is 0.291. The van der Waals surface area contributed by atoms with Gasteiger partial charge in [-0.15, -0.1) is 0 Å². The van der Waals surface area contributed by atoms with Crippen LogP contribution in [-0.4, -0.2) is 19.0 Å². The molecule has 0 aliphatic rings. The number of rotatable bonds is 7. The number of hydrogen-bond acceptors (Lipinski definition) is 2. The highest BCUT2D eigenvalue weighted by atomic mass is 16.5. The van der Waals surface area contributed by atoms with Gasteiger partial charge in [0.15, 0.2) is 0 Å². The highest BCUT2D eigenvalue weighted by molar-refractivity contribution is 5.78. The van der Waals surface area contributed by atoms with Gasteiger partial charge in [0.05, 0.1) is 6.61 Å². The van der Waals surface area contributed by atoms with E-state index in [2.05, 4.69) is 13.8 Å². The van der Waals surface area contributed by atoms with Crippen molar-refractivity contribution in [2.45, 2.75) is 40.0 Å². The minimum atomic E-state index is 0.291. The second-order valence-corrected chi connectivity index (χ2v) is 3.44. The third-order valence-corrected chi connectivity index (χ3v) is 1.76. The minimum Gasteiger partial charge on any atom is -0.381 e. The number of carbonyl (C=O) groups excluding carboxylic acids is 1. The molecule has 0 heterocycles. The van der Waals surface area contributed by atoms with E-state index in [-0.39, 0.29) is 0 Å². The van der Waals surface area contributed by atoms with E-state index in [0.717, 1.165) is 13.0 Å². The highest BCUT2D eigenvalue weighted by Crippen LogP contribution is 1.99. The molecule has 0 unspecified atom stereocenters. The van der Waals surface area contributed by atoms with Crippen LogP contribution in [0.1, 0.15) is 40.0 Å². The molecule has 0 amide bonds. The summed E-state index contributed by atoms with van der Waals surface area (Å²) < 4.78 is 5.30. The molecule has 0 aromatic rings. The van der Waals surface area contributed by atoms with Gasteiger partial charge in [-0.25, -0.2) is 0 Å². The maximum atomic E-state index is 10.8. The van der Waals surface area contributed by atoms with Crippen LogP contribution in [0.2, 0.25) is 0 Å². The Kier molecular flexibility index (Phi) is 7.06. The summed E-state index contributed by atoms with van der Waals surface area (Å²) in [4.78, 5) is 10.8. The van der Waals surface area contributed by atoms with E-state index >= 15 is 0 Å². The SMILES string of the molecule is CCC(=O)CCOCCC(C)C. The average molecular weight is 172 g/mol. The summed E-state index contributed by atoms with van der Waals surface area (Å²) in [6.45, 7) is 7.60. The number of ketones is 1. The van der Waals surface area contributed by atoms with Crippen LogP contribution < -0.4 is 0 Å². The van der Waals surface area contributed by atoms with E-state index in [1.807, 2.05) is 6.92 Å². The van der Waals surface area contributed by atoms with Crippen LogP contribution >= 0.6 is 0 Å². The number of Topliss-reactive ketones (excluding diaryl/α,β-unsaturated/α-hetero) is 1. The maximum absolute atomic E-state index is 10.8. The third-order valence-electron chi connectivity index (χ3n) is 1.76. The summed E-state index contributed by atoms with van der Waals surface area (Å²) in [5.74, 6) is 0.978. The van der Waals surface area contributed by atoms with E-state index in [4.69, 9.17) is 4.74 Å². The second-order valence-electron chi connectivity index (χ2n) is 3.44. The van der Waals surface area contributed by atoms with Crippen molar-refractivity contribution < 1.29 is 9.53 Å². The van der Waals surface area contributed by atoms with E-state index in [0.29, 0.717) is 31.1 Å². The maximum Gasteiger partial charge on any atom is 0.134 e. The molecule has 0 fully saturated rings. The van der Waals surface area contributed by atoms with Crippen molar-refractivity contribution in [3.05, 3.63) is 0 Å². The van der Waals surface area contributed by atoms with Crippen LogP contribution in [0.5, 0.6) is 0 Å². The number of carbonyl (C=O) groups is 1. The first-order chi connectivity index (χ1) is 5.66. The van der Waals surface area contributed by atoms with Gasteiger partial charge in [-0.2, -0.15) is 0 Å². The molecule has 0 bridgehead atoms. The van der Waals surface area contributed by atoms with Gasteiger partial charge in [-0.05, 0) is 12.3 Å². The van der Waals surface area contributed by atoms with Crippen LogP contribution in [-0.2, 0) is 9.53 Å². The zero-order valence-electron chi connectivity index (χ0n) is 8.43. The fourth-order valence-electron chi connectivity index (χ4n) is 0.784. The third kappa shape index (κ3) is 7.73. The van der Waals surface area contributed by atoms with E-state index in [1.165, 1.54) is 0 Å². The topological polar surface area (TPSA) is 26.3 Å². The van der Waals surface area contributed by atoms with Gasteiger partial charge < -0.3 is 4.74 Å². The van der Waals surface area contributed by atoms with Crippen molar-refractivity contribution >= 4 is 5.78 Å². The predicted octanol–water partition coefficient (Wildman–Crippen LogP) is 2.42. The Bertz CT molecular complexity index is 119. The largest absolute Gasteiger partial charge is 0.381 e. The molecule has 0 N–H and O–H groups in total. The lowest BCUT2D eigenvalue weighted by Gasteiger charge is -2.05. The van der Waals surface area contributed by atoms with Gasteiger partial charge >= 0.3 is 0 Å². The molecule has 2 heteroatoms. The molecule has 0 aliphatic carbocycles. The van der Waals surface area contributed by atoms with Crippen LogP contribution in [0.3, 0.4) is 0 Å². The Balaban J connectivity index is 3.05. The van der Waals surface area contributed by atoms with Crippen LogP contribution in [0.4, 0.5) is 0 Å². The molecule has 0 aromatic heterocycles. The van der Waals surface area contributed by atoms with Gasteiger partial charge in [0, 0.05) is 19.4 Å². The Morgan fingerprint density at radius 3 is 2.50 bits per heavy atom. The van der Waals surface area contributed by atoms with Crippen molar-refractivity contribution in [2.75, 3.05) is 13.2 Å². The fraction of sp³-hybridized carbons (Fsp3) is 0.900. The highest BCUT2D eigenvalue weighted by Gasteiger charge is 1.98. The molecule has 0 saturated heterocycles.